The number of nitrogens with zero attached hydrogens (tertiary/aromatic N) is 1. The first kappa shape index (κ1) is 24.3. The van der Waals surface area contributed by atoms with E-state index in [1.54, 1.807) is 6.08 Å². The lowest BCUT2D eigenvalue weighted by molar-refractivity contribution is -0.111. The maximum atomic E-state index is 12.4. The van der Waals surface area contributed by atoms with Crippen molar-refractivity contribution in [2.24, 2.45) is 0 Å². The molecule has 33 heavy (non-hydrogen) atoms. The standard InChI is InChI=1S/C26H30N2O4S/c1-4-7-16-32-21-12-10-20(11-13-21)22-18-33-26(27-22)28-25(29)15-9-19-8-14-23(30-5-2)24(17-19)31-6-3/h8-15,17-18H,4-7,16H2,1-3H3,(H,27,28,29)/b15-9+. The fourth-order valence-electron chi connectivity index (χ4n) is 3.01. The Morgan fingerprint density at radius 2 is 1.76 bits per heavy atom. The molecule has 1 amide bonds. The van der Waals surface area contributed by atoms with Gasteiger partial charge in [0.05, 0.1) is 25.5 Å². The molecule has 174 valence electrons. The molecule has 0 saturated carbocycles. The predicted molar refractivity (Wildman–Crippen MR) is 134 cm³/mol. The van der Waals surface area contributed by atoms with Crippen LogP contribution in [0.4, 0.5) is 5.13 Å². The maximum absolute atomic E-state index is 12.4. The van der Waals surface area contributed by atoms with Gasteiger partial charge in [0.15, 0.2) is 16.6 Å². The molecule has 0 aliphatic rings. The number of carbonyl (C=O) groups is 1. The number of ether oxygens (including phenoxy) is 3. The molecule has 0 aliphatic heterocycles. The number of nitrogens with one attached hydrogen (secondary N) is 1. The molecule has 0 fully saturated rings. The molecule has 3 rings (SSSR count). The number of unbranched alkanes of at least 4 members (excludes halogenated alkanes) is 1. The smallest absolute Gasteiger partial charge is 0.250 e. The maximum Gasteiger partial charge on any atom is 0.250 e. The molecule has 1 aromatic heterocycles. The highest BCUT2D eigenvalue weighted by Gasteiger charge is 2.08. The summed E-state index contributed by atoms with van der Waals surface area (Å²) in [5.74, 6) is 1.95. The SMILES string of the molecule is CCCCOc1ccc(-c2csc(NC(=O)/C=C/c3ccc(OCC)c(OCC)c3)n2)cc1. The van der Waals surface area contributed by atoms with Gasteiger partial charge >= 0.3 is 0 Å². The van der Waals surface area contributed by atoms with Crippen LogP contribution in [0.5, 0.6) is 17.2 Å². The van der Waals surface area contributed by atoms with Crippen molar-refractivity contribution in [1.29, 1.82) is 0 Å². The van der Waals surface area contributed by atoms with E-state index in [1.807, 2.05) is 61.7 Å². The van der Waals surface area contributed by atoms with Crippen molar-refractivity contribution in [3.8, 4) is 28.5 Å². The molecular formula is C26H30N2O4S. The lowest BCUT2D eigenvalue weighted by atomic mass is 10.2. The molecule has 3 aromatic rings. The summed E-state index contributed by atoms with van der Waals surface area (Å²) in [6, 6.07) is 13.4. The number of hydrogen-bond acceptors (Lipinski definition) is 6. The Morgan fingerprint density at radius 3 is 2.48 bits per heavy atom. The summed E-state index contributed by atoms with van der Waals surface area (Å²) >= 11 is 1.39. The molecule has 0 saturated heterocycles. The monoisotopic (exact) mass is 466 g/mol. The summed E-state index contributed by atoms with van der Waals surface area (Å²) < 4.78 is 16.9. The van der Waals surface area contributed by atoms with Gasteiger partial charge in [-0.25, -0.2) is 4.98 Å². The van der Waals surface area contributed by atoms with Crippen molar-refractivity contribution in [3.05, 3.63) is 59.5 Å². The molecule has 1 heterocycles. The van der Waals surface area contributed by atoms with E-state index in [4.69, 9.17) is 14.2 Å². The molecule has 0 spiro atoms. The minimum absolute atomic E-state index is 0.248. The second-order valence-electron chi connectivity index (χ2n) is 7.16. The Morgan fingerprint density at radius 1 is 1.00 bits per heavy atom. The number of benzene rings is 2. The van der Waals surface area contributed by atoms with Crippen molar-refractivity contribution < 1.29 is 19.0 Å². The third kappa shape index (κ3) is 7.36. The average molecular weight is 467 g/mol. The molecular weight excluding hydrogens is 436 g/mol. The molecule has 0 bridgehead atoms. The Kier molecular flexibility index (Phi) is 9.32. The fourth-order valence-corrected chi connectivity index (χ4v) is 3.73. The van der Waals surface area contributed by atoms with Crippen LogP contribution in [0.25, 0.3) is 17.3 Å². The number of aromatic nitrogens is 1. The van der Waals surface area contributed by atoms with Crippen LogP contribution >= 0.6 is 11.3 Å². The topological polar surface area (TPSA) is 69.7 Å². The number of carbonyl (C=O) groups excluding carboxylic acids is 1. The second kappa shape index (κ2) is 12.6. The Bertz CT molecular complexity index is 1060. The highest BCUT2D eigenvalue weighted by molar-refractivity contribution is 7.14. The summed E-state index contributed by atoms with van der Waals surface area (Å²) in [6.45, 7) is 7.80. The van der Waals surface area contributed by atoms with Crippen molar-refractivity contribution >= 4 is 28.5 Å². The van der Waals surface area contributed by atoms with E-state index in [2.05, 4.69) is 17.2 Å². The number of hydrogen-bond donors (Lipinski definition) is 1. The first-order chi connectivity index (χ1) is 16.1. The molecule has 7 heteroatoms. The van der Waals surface area contributed by atoms with Crippen LogP contribution < -0.4 is 19.5 Å². The van der Waals surface area contributed by atoms with Gasteiger partial charge in [0.25, 0.3) is 0 Å². The first-order valence-electron chi connectivity index (χ1n) is 11.2. The van der Waals surface area contributed by atoms with Crippen molar-refractivity contribution in [2.45, 2.75) is 33.6 Å². The van der Waals surface area contributed by atoms with Gasteiger partial charge in [-0.05, 0) is 68.3 Å². The third-order valence-corrected chi connectivity index (χ3v) is 5.40. The van der Waals surface area contributed by atoms with Crippen molar-refractivity contribution in [1.82, 2.24) is 4.98 Å². The van der Waals surface area contributed by atoms with E-state index >= 15 is 0 Å². The zero-order chi connectivity index (χ0) is 23.5. The summed E-state index contributed by atoms with van der Waals surface area (Å²) in [5.41, 5.74) is 2.63. The lowest BCUT2D eigenvalue weighted by Gasteiger charge is -2.11. The highest BCUT2D eigenvalue weighted by Crippen LogP contribution is 2.29. The zero-order valence-corrected chi connectivity index (χ0v) is 20.1. The Balaban J connectivity index is 1.59. The molecule has 1 N–H and O–H groups in total. The van der Waals surface area contributed by atoms with Crippen LogP contribution in [0, 0.1) is 0 Å². The minimum Gasteiger partial charge on any atom is -0.494 e. The van der Waals surface area contributed by atoms with E-state index < -0.39 is 0 Å². The van der Waals surface area contributed by atoms with E-state index in [9.17, 15) is 4.79 Å². The van der Waals surface area contributed by atoms with Crippen LogP contribution in [0.15, 0.2) is 53.9 Å². The lowest BCUT2D eigenvalue weighted by Crippen LogP contribution is -2.07. The van der Waals surface area contributed by atoms with Gasteiger partial charge in [-0.1, -0.05) is 19.4 Å². The van der Waals surface area contributed by atoms with Gasteiger partial charge in [-0.2, -0.15) is 0 Å². The van der Waals surface area contributed by atoms with Crippen molar-refractivity contribution in [2.75, 3.05) is 25.1 Å². The summed E-state index contributed by atoms with van der Waals surface area (Å²) in [5, 5.41) is 5.29. The van der Waals surface area contributed by atoms with E-state index in [0.717, 1.165) is 42.0 Å². The minimum atomic E-state index is -0.248. The molecule has 0 unspecified atom stereocenters. The first-order valence-corrected chi connectivity index (χ1v) is 12.1. The highest BCUT2D eigenvalue weighted by atomic mass is 32.1. The number of thiazole rings is 1. The zero-order valence-electron chi connectivity index (χ0n) is 19.3. The molecule has 0 atom stereocenters. The summed E-state index contributed by atoms with van der Waals surface area (Å²) in [6.07, 6.45) is 5.36. The normalized spacial score (nSPS) is 10.9. The molecule has 0 aliphatic carbocycles. The Hall–Kier alpha value is -3.32. The van der Waals surface area contributed by atoms with E-state index in [1.165, 1.54) is 17.4 Å². The summed E-state index contributed by atoms with van der Waals surface area (Å²) in [4.78, 5) is 16.9. The van der Waals surface area contributed by atoms with Gasteiger partial charge in [0, 0.05) is 17.0 Å². The Labute approximate surface area is 199 Å². The molecule has 0 radical (unpaired) electrons. The van der Waals surface area contributed by atoms with Crippen LogP contribution in [0.2, 0.25) is 0 Å². The molecule has 2 aromatic carbocycles. The van der Waals surface area contributed by atoms with Crippen LogP contribution in [0.1, 0.15) is 39.2 Å². The number of rotatable bonds is 12. The third-order valence-electron chi connectivity index (χ3n) is 4.65. The number of anilines is 1. The molecule has 6 nitrogen and oxygen atoms in total. The van der Waals surface area contributed by atoms with Gasteiger partial charge in [-0.3, -0.25) is 10.1 Å². The predicted octanol–water partition coefficient (Wildman–Crippen LogP) is 6.44. The largest absolute Gasteiger partial charge is 0.494 e. The second-order valence-corrected chi connectivity index (χ2v) is 8.02. The van der Waals surface area contributed by atoms with Crippen molar-refractivity contribution in [3.63, 3.8) is 0 Å². The average Bonchev–Trinajstić information content (AvgIpc) is 3.28. The van der Waals surface area contributed by atoms with E-state index in [-0.39, 0.29) is 5.91 Å². The van der Waals surface area contributed by atoms with Gasteiger partial charge in [-0.15, -0.1) is 11.3 Å². The summed E-state index contributed by atoms with van der Waals surface area (Å²) in [7, 11) is 0. The van der Waals surface area contributed by atoms with Crippen LogP contribution in [0.3, 0.4) is 0 Å². The van der Waals surface area contributed by atoms with Crippen LogP contribution in [-0.4, -0.2) is 30.7 Å². The fraction of sp³-hybridized carbons (Fsp3) is 0.308. The number of amides is 1. The quantitative estimate of drug-likeness (QED) is 0.246. The van der Waals surface area contributed by atoms with Gasteiger partial charge in [0.2, 0.25) is 5.91 Å². The van der Waals surface area contributed by atoms with Gasteiger partial charge in [0.1, 0.15) is 5.75 Å². The van der Waals surface area contributed by atoms with Crippen LogP contribution in [-0.2, 0) is 4.79 Å². The van der Waals surface area contributed by atoms with E-state index in [0.29, 0.717) is 29.8 Å². The van der Waals surface area contributed by atoms with Gasteiger partial charge < -0.3 is 14.2 Å².